The van der Waals surface area contributed by atoms with Crippen LogP contribution < -0.4 is 5.32 Å². The summed E-state index contributed by atoms with van der Waals surface area (Å²) < 4.78 is 6.20. The van der Waals surface area contributed by atoms with Crippen LogP contribution in [0, 0.1) is 17.0 Å². The van der Waals surface area contributed by atoms with E-state index in [-0.39, 0.29) is 37.0 Å². The fourth-order valence-corrected chi connectivity index (χ4v) is 2.73. The number of ether oxygens (including phenoxy) is 1. The van der Waals surface area contributed by atoms with E-state index in [9.17, 15) is 19.7 Å². The van der Waals surface area contributed by atoms with E-state index in [1.807, 2.05) is 0 Å². The van der Waals surface area contributed by atoms with Crippen LogP contribution in [0.25, 0.3) is 0 Å². The minimum atomic E-state index is -0.514. The summed E-state index contributed by atoms with van der Waals surface area (Å²) in [5.41, 5.74) is 0.745. The van der Waals surface area contributed by atoms with Crippen LogP contribution in [0.15, 0.2) is 11.6 Å². The van der Waals surface area contributed by atoms with Crippen molar-refractivity contribution >= 4 is 34.0 Å². The second kappa shape index (κ2) is 8.33. The molecule has 0 saturated carbocycles. The molecular weight excluding hydrogens is 350 g/mol. The van der Waals surface area contributed by atoms with Gasteiger partial charge in [-0.1, -0.05) is 0 Å². The Balaban J connectivity index is 1.84. The first kappa shape index (κ1) is 18.5. The quantitative estimate of drug-likeness (QED) is 0.427. The fourth-order valence-electron chi connectivity index (χ4n) is 2.00. The topological polar surface area (TPSA) is 129 Å². The monoisotopic (exact) mass is 367 g/mol. The van der Waals surface area contributed by atoms with Gasteiger partial charge in [0.25, 0.3) is 0 Å². The molecule has 0 aliphatic rings. The lowest BCUT2D eigenvalue weighted by atomic mass is 10.3. The number of aryl methyl sites for hydroxylation is 2. The minimum absolute atomic E-state index is 0.0520. The van der Waals surface area contributed by atoms with Crippen molar-refractivity contribution in [1.29, 1.82) is 0 Å². The molecule has 0 aliphatic carbocycles. The molecule has 25 heavy (non-hydrogen) atoms. The number of nitro groups is 1. The zero-order valence-electron chi connectivity index (χ0n) is 13.7. The number of hydrogen-bond donors (Lipinski definition) is 1. The Morgan fingerprint density at radius 1 is 1.48 bits per heavy atom. The summed E-state index contributed by atoms with van der Waals surface area (Å²) in [5, 5.41) is 19.4. The Labute approximate surface area is 147 Å². The van der Waals surface area contributed by atoms with Crippen molar-refractivity contribution < 1.29 is 19.2 Å². The van der Waals surface area contributed by atoms with Crippen LogP contribution in [-0.4, -0.2) is 38.2 Å². The molecule has 2 rings (SSSR count). The summed E-state index contributed by atoms with van der Waals surface area (Å²) in [6, 6.07) is 0. The summed E-state index contributed by atoms with van der Waals surface area (Å²) in [6.45, 7) is 3.77. The van der Waals surface area contributed by atoms with Gasteiger partial charge in [0.1, 0.15) is 11.9 Å². The van der Waals surface area contributed by atoms with Gasteiger partial charge in [-0.15, -0.1) is 11.3 Å². The van der Waals surface area contributed by atoms with Gasteiger partial charge in [0, 0.05) is 18.3 Å². The molecule has 2 aromatic heterocycles. The number of carbonyl (C=O) groups excluding carboxylic acids is 2. The lowest BCUT2D eigenvalue weighted by Gasteiger charge is -2.02. The highest BCUT2D eigenvalue weighted by Crippen LogP contribution is 2.17. The van der Waals surface area contributed by atoms with Crippen LogP contribution in [0.5, 0.6) is 0 Å². The lowest BCUT2D eigenvalue weighted by molar-refractivity contribution is -0.385. The third kappa shape index (κ3) is 5.35. The first-order chi connectivity index (χ1) is 11.9. The van der Waals surface area contributed by atoms with Gasteiger partial charge in [-0.05, 0) is 13.8 Å². The summed E-state index contributed by atoms with van der Waals surface area (Å²) >= 11 is 1.21. The van der Waals surface area contributed by atoms with Crippen molar-refractivity contribution in [2.45, 2.75) is 33.2 Å². The maximum Gasteiger partial charge on any atom is 0.311 e. The largest absolute Gasteiger partial charge is 0.466 e. The number of anilines is 1. The number of nitrogens with one attached hydrogen (secondary N) is 1. The molecular formula is C14H17N5O5S. The molecule has 0 bridgehead atoms. The molecule has 1 N–H and O–H groups in total. The van der Waals surface area contributed by atoms with Crippen molar-refractivity contribution in [3.05, 3.63) is 33.1 Å². The van der Waals surface area contributed by atoms with E-state index in [0.29, 0.717) is 23.1 Å². The van der Waals surface area contributed by atoms with E-state index >= 15 is 0 Å². The number of nitrogens with zero attached hydrogens (tertiary/aromatic N) is 4. The predicted octanol–water partition coefficient (Wildman–Crippen LogP) is 1.69. The van der Waals surface area contributed by atoms with E-state index in [0.717, 1.165) is 0 Å². The standard InChI is InChI=1S/C14H17N5O5S/c1-3-24-13(21)6-10-8-25-14(15-10)16-12(20)4-5-18-7-11(19(22)23)9(2)17-18/h7-8H,3-6H2,1-2H3,(H,15,16,20). The highest BCUT2D eigenvalue weighted by atomic mass is 32.1. The van der Waals surface area contributed by atoms with Gasteiger partial charge in [-0.25, -0.2) is 4.98 Å². The molecule has 0 aliphatic heterocycles. The number of hydrogen-bond acceptors (Lipinski definition) is 8. The van der Waals surface area contributed by atoms with Crippen molar-refractivity contribution in [3.63, 3.8) is 0 Å². The third-order valence-corrected chi connectivity index (χ3v) is 3.92. The molecule has 0 aromatic carbocycles. The van der Waals surface area contributed by atoms with Gasteiger partial charge in [0.2, 0.25) is 5.91 Å². The molecule has 0 fully saturated rings. The summed E-state index contributed by atoms with van der Waals surface area (Å²) in [6.07, 6.45) is 1.44. The van der Waals surface area contributed by atoms with Crippen LogP contribution in [-0.2, 0) is 27.3 Å². The Morgan fingerprint density at radius 2 is 2.24 bits per heavy atom. The lowest BCUT2D eigenvalue weighted by Crippen LogP contribution is -2.15. The number of thiazole rings is 1. The van der Waals surface area contributed by atoms with E-state index in [1.54, 1.807) is 12.3 Å². The van der Waals surface area contributed by atoms with E-state index < -0.39 is 4.92 Å². The summed E-state index contributed by atoms with van der Waals surface area (Å²) in [5.74, 6) is -0.672. The average molecular weight is 367 g/mol. The van der Waals surface area contributed by atoms with Crippen LogP contribution in [0.2, 0.25) is 0 Å². The molecule has 1 amide bonds. The Hall–Kier alpha value is -2.82. The van der Waals surface area contributed by atoms with Gasteiger partial charge in [-0.3, -0.25) is 24.4 Å². The van der Waals surface area contributed by atoms with Crippen LogP contribution in [0.4, 0.5) is 10.8 Å². The van der Waals surface area contributed by atoms with Gasteiger partial charge < -0.3 is 10.1 Å². The molecule has 0 spiro atoms. The van der Waals surface area contributed by atoms with Gasteiger partial charge in [-0.2, -0.15) is 5.10 Å². The Bertz CT molecular complexity index is 784. The second-order valence-corrected chi connectivity index (χ2v) is 5.90. The van der Waals surface area contributed by atoms with Crippen LogP contribution in [0.3, 0.4) is 0 Å². The van der Waals surface area contributed by atoms with Gasteiger partial charge in [0.05, 0.1) is 23.6 Å². The molecule has 2 heterocycles. The zero-order valence-corrected chi connectivity index (χ0v) is 14.5. The van der Waals surface area contributed by atoms with Crippen LogP contribution >= 0.6 is 11.3 Å². The SMILES string of the molecule is CCOC(=O)Cc1csc(NC(=O)CCn2cc([N+](=O)[O-])c(C)n2)n1. The van der Waals surface area contributed by atoms with Crippen LogP contribution in [0.1, 0.15) is 24.7 Å². The van der Waals surface area contributed by atoms with Crippen molar-refractivity contribution in [2.24, 2.45) is 0 Å². The molecule has 0 saturated heterocycles. The van der Waals surface area contributed by atoms with Crippen molar-refractivity contribution in [3.8, 4) is 0 Å². The summed E-state index contributed by atoms with van der Waals surface area (Å²) in [4.78, 5) is 37.7. The Kier molecular flexibility index (Phi) is 6.17. The number of esters is 1. The predicted molar refractivity (Wildman–Crippen MR) is 89.3 cm³/mol. The first-order valence-corrected chi connectivity index (χ1v) is 8.35. The summed E-state index contributed by atoms with van der Waals surface area (Å²) in [7, 11) is 0. The number of carbonyl (C=O) groups is 2. The molecule has 2 aromatic rings. The zero-order chi connectivity index (χ0) is 18.4. The number of aromatic nitrogens is 3. The smallest absolute Gasteiger partial charge is 0.311 e. The van der Waals surface area contributed by atoms with Crippen molar-refractivity contribution in [2.75, 3.05) is 11.9 Å². The second-order valence-electron chi connectivity index (χ2n) is 5.04. The molecule has 11 heteroatoms. The van der Waals surface area contributed by atoms with E-state index in [1.165, 1.54) is 29.1 Å². The van der Waals surface area contributed by atoms with E-state index in [2.05, 4.69) is 15.4 Å². The molecule has 0 radical (unpaired) electrons. The minimum Gasteiger partial charge on any atom is -0.466 e. The Morgan fingerprint density at radius 3 is 2.88 bits per heavy atom. The van der Waals surface area contributed by atoms with Gasteiger partial charge in [0.15, 0.2) is 5.13 Å². The fraction of sp³-hybridized carbons (Fsp3) is 0.429. The molecule has 10 nitrogen and oxygen atoms in total. The highest BCUT2D eigenvalue weighted by Gasteiger charge is 2.16. The molecule has 134 valence electrons. The van der Waals surface area contributed by atoms with Gasteiger partial charge >= 0.3 is 11.7 Å². The maximum atomic E-state index is 11.9. The highest BCUT2D eigenvalue weighted by molar-refractivity contribution is 7.13. The third-order valence-electron chi connectivity index (χ3n) is 3.11. The normalized spacial score (nSPS) is 10.5. The molecule has 0 atom stereocenters. The first-order valence-electron chi connectivity index (χ1n) is 7.47. The number of amides is 1. The number of rotatable bonds is 8. The average Bonchev–Trinajstić information content (AvgIpc) is 3.12. The maximum absolute atomic E-state index is 11.9. The van der Waals surface area contributed by atoms with Crippen molar-refractivity contribution in [1.82, 2.24) is 14.8 Å². The molecule has 0 unspecified atom stereocenters. The van der Waals surface area contributed by atoms with E-state index in [4.69, 9.17) is 4.74 Å².